The van der Waals surface area contributed by atoms with E-state index >= 15 is 0 Å². The summed E-state index contributed by atoms with van der Waals surface area (Å²) in [7, 11) is 0. The largest absolute Gasteiger partial charge is 0.433 e. The predicted octanol–water partition coefficient (Wildman–Crippen LogP) is 3.99. The van der Waals surface area contributed by atoms with Crippen LogP contribution in [-0.4, -0.2) is 10.7 Å². The fourth-order valence-electron chi connectivity index (χ4n) is 5.28. The molecule has 1 heterocycles. The van der Waals surface area contributed by atoms with Crippen molar-refractivity contribution in [1.82, 2.24) is 0 Å². The second kappa shape index (κ2) is 4.80. The highest BCUT2D eigenvalue weighted by molar-refractivity contribution is 5.98. The van der Waals surface area contributed by atoms with E-state index < -0.39 is 4.92 Å². The Morgan fingerprint density at radius 3 is 2.27 bits per heavy atom. The lowest BCUT2D eigenvalue weighted by Crippen LogP contribution is -2.49. The molecule has 5 heteroatoms. The zero-order valence-corrected chi connectivity index (χ0v) is 12.4. The van der Waals surface area contributed by atoms with E-state index in [9.17, 15) is 14.9 Å². The fraction of sp³-hybridized carbons (Fsp3) is 0.588. The second-order valence-electron chi connectivity index (χ2n) is 7.33. The number of nitrogens with zero attached hydrogens (tertiary/aromatic N) is 1. The Balaban J connectivity index is 1.52. The molecule has 0 atom stereocenters. The smallest absolute Gasteiger partial charge is 0.401 e. The molecule has 22 heavy (non-hydrogen) atoms. The van der Waals surface area contributed by atoms with E-state index in [0.29, 0.717) is 5.76 Å². The van der Waals surface area contributed by atoms with Gasteiger partial charge in [0.25, 0.3) is 0 Å². The van der Waals surface area contributed by atoms with Gasteiger partial charge < -0.3 is 4.42 Å². The average molecular weight is 301 g/mol. The third-order valence-corrected chi connectivity index (χ3v) is 5.75. The lowest BCUT2D eigenvalue weighted by Gasteiger charge is -2.55. The van der Waals surface area contributed by atoms with E-state index in [1.807, 2.05) is 0 Å². The van der Waals surface area contributed by atoms with Gasteiger partial charge in [-0.3, -0.25) is 14.9 Å². The summed E-state index contributed by atoms with van der Waals surface area (Å²) in [6, 6.07) is 2.84. The number of hydrogen-bond acceptors (Lipinski definition) is 4. The van der Waals surface area contributed by atoms with E-state index in [1.165, 1.54) is 31.4 Å². The summed E-state index contributed by atoms with van der Waals surface area (Å²) in [5, 5.41) is 10.6. The molecule has 0 amide bonds. The van der Waals surface area contributed by atoms with Crippen molar-refractivity contribution in [1.29, 1.82) is 0 Å². The number of nitro groups is 1. The highest BCUT2D eigenvalue weighted by Crippen LogP contribution is 2.60. The van der Waals surface area contributed by atoms with Crippen molar-refractivity contribution in [3.05, 3.63) is 34.1 Å². The van der Waals surface area contributed by atoms with Gasteiger partial charge in [-0.2, -0.15) is 0 Å². The van der Waals surface area contributed by atoms with Gasteiger partial charge >= 0.3 is 5.88 Å². The van der Waals surface area contributed by atoms with Crippen LogP contribution in [0.3, 0.4) is 0 Å². The van der Waals surface area contributed by atoms with Crippen molar-refractivity contribution in [2.75, 3.05) is 0 Å². The van der Waals surface area contributed by atoms with Gasteiger partial charge in [0.2, 0.25) is 0 Å². The van der Waals surface area contributed by atoms with E-state index in [4.69, 9.17) is 4.42 Å². The van der Waals surface area contributed by atoms with Crippen molar-refractivity contribution in [3.63, 3.8) is 0 Å². The Morgan fingerprint density at radius 1 is 1.18 bits per heavy atom. The third-order valence-electron chi connectivity index (χ3n) is 5.75. The standard InChI is InChI=1S/C17H19NO4/c19-15(3-1-14-2-4-16(22-14)18(20)21)17-8-11-5-12(9-17)7-13(6-11)10-17/h1-4,11-13H,5-10H2/b3-1+. The van der Waals surface area contributed by atoms with Crippen LogP contribution in [0.5, 0.6) is 0 Å². The minimum atomic E-state index is -0.571. The van der Waals surface area contributed by atoms with Gasteiger partial charge in [-0.1, -0.05) is 0 Å². The van der Waals surface area contributed by atoms with Crippen LogP contribution in [-0.2, 0) is 4.79 Å². The first kappa shape index (κ1) is 13.7. The van der Waals surface area contributed by atoms with Crippen LogP contribution in [0.15, 0.2) is 22.6 Å². The lowest BCUT2D eigenvalue weighted by molar-refractivity contribution is -0.402. The van der Waals surface area contributed by atoms with Crippen LogP contribution in [0.4, 0.5) is 5.88 Å². The maximum atomic E-state index is 12.7. The molecular weight excluding hydrogens is 282 g/mol. The number of hydrogen-bond donors (Lipinski definition) is 0. The van der Waals surface area contributed by atoms with E-state index in [0.717, 1.165) is 37.0 Å². The highest BCUT2D eigenvalue weighted by atomic mass is 16.6. The molecule has 0 spiro atoms. The summed E-state index contributed by atoms with van der Waals surface area (Å²) in [6.45, 7) is 0. The summed E-state index contributed by atoms with van der Waals surface area (Å²) in [5.74, 6) is 2.45. The molecule has 5 rings (SSSR count). The number of furan rings is 1. The Labute approximate surface area is 128 Å². The molecule has 0 aliphatic heterocycles. The van der Waals surface area contributed by atoms with E-state index in [1.54, 1.807) is 12.2 Å². The number of rotatable bonds is 4. The van der Waals surface area contributed by atoms with E-state index in [-0.39, 0.29) is 17.1 Å². The Bertz CT molecular complexity index is 622. The quantitative estimate of drug-likeness (QED) is 0.479. The predicted molar refractivity (Wildman–Crippen MR) is 80.0 cm³/mol. The third kappa shape index (κ3) is 2.19. The number of carbonyl (C=O) groups is 1. The SMILES string of the molecule is O=C(/C=C/c1ccc([N+](=O)[O-])o1)C12CC3CC(CC(C3)C1)C2. The van der Waals surface area contributed by atoms with Crippen molar-refractivity contribution in [2.24, 2.45) is 23.2 Å². The van der Waals surface area contributed by atoms with Crippen molar-refractivity contribution in [3.8, 4) is 0 Å². The van der Waals surface area contributed by atoms with Crippen LogP contribution >= 0.6 is 0 Å². The molecule has 4 aliphatic rings. The highest BCUT2D eigenvalue weighted by Gasteiger charge is 2.53. The van der Waals surface area contributed by atoms with Gasteiger partial charge in [-0.05, 0) is 74.5 Å². The molecular formula is C17H19NO4. The lowest BCUT2D eigenvalue weighted by atomic mass is 9.48. The molecule has 0 N–H and O–H groups in total. The van der Waals surface area contributed by atoms with Gasteiger partial charge in [-0.15, -0.1) is 0 Å². The summed E-state index contributed by atoms with van der Waals surface area (Å²) >= 11 is 0. The van der Waals surface area contributed by atoms with Gasteiger partial charge in [0.1, 0.15) is 10.7 Å². The maximum absolute atomic E-state index is 12.7. The molecule has 0 radical (unpaired) electrons. The number of carbonyl (C=O) groups excluding carboxylic acids is 1. The fourth-order valence-corrected chi connectivity index (χ4v) is 5.28. The van der Waals surface area contributed by atoms with Gasteiger partial charge in [0, 0.05) is 5.41 Å². The molecule has 4 saturated carbocycles. The summed E-state index contributed by atoms with van der Waals surface area (Å²) < 4.78 is 5.08. The van der Waals surface area contributed by atoms with Gasteiger partial charge in [0.15, 0.2) is 5.78 Å². The van der Waals surface area contributed by atoms with Crippen molar-refractivity contribution >= 4 is 17.7 Å². The minimum Gasteiger partial charge on any atom is -0.401 e. The molecule has 5 nitrogen and oxygen atoms in total. The first-order valence-electron chi connectivity index (χ1n) is 8.01. The number of allylic oxidation sites excluding steroid dienone is 1. The van der Waals surface area contributed by atoms with Crippen LogP contribution in [0.1, 0.15) is 44.3 Å². The molecule has 4 aliphatic carbocycles. The Morgan fingerprint density at radius 2 is 1.77 bits per heavy atom. The second-order valence-corrected chi connectivity index (χ2v) is 7.33. The Hall–Kier alpha value is -1.91. The average Bonchev–Trinajstić information content (AvgIpc) is 2.92. The summed E-state index contributed by atoms with van der Waals surface area (Å²) in [5.41, 5.74) is -0.163. The van der Waals surface area contributed by atoms with Crippen LogP contribution < -0.4 is 0 Å². The molecule has 0 saturated heterocycles. The molecule has 0 aromatic carbocycles. The molecule has 4 fully saturated rings. The van der Waals surface area contributed by atoms with E-state index in [2.05, 4.69) is 0 Å². The molecule has 4 bridgehead atoms. The molecule has 116 valence electrons. The van der Waals surface area contributed by atoms with Crippen LogP contribution in [0.2, 0.25) is 0 Å². The normalized spacial score (nSPS) is 36.1. The first-order chi connectivity index (χ1) is 10.5. The molecule has 1 aromatic heterocycles. The van der Waals surface area contributed by atoms with Gasteiger partial charge in [-0.25, -0.2) is 0 Å². The van der Waals surface area contributed by atoms with Crippen LogP contribution in [0.25, 0.3) is 6.08 Å². The Kier molecular flexibility index (Phi) is 2.99. The zero-order valence-electron chi connectivity index (χ0n) is 12.4. The van der Waals surface area contributed by atoms with Gasteiger partial charge in [0.05, 0.1) is 6.07 Å². The molecule has 1 aromatic rings. The van der Waals surface area contributed by atoms with Crippen LogP contribution in [0, 0.1) is 33.3 Å². The van der Waals surface area contributed by atoms with Crippen molar-refractivity contribution < 1.29 is 14.1 Å². The topological polar surface area (TPSA) is 73.3 Å². The minimum absolute atomic E-state index is 0.163. The monoisotopic (exact) mass is 301 g/mol. The van der Waals surface area contributed by atoms with Crippen molar-refractivity contribution in [2.45, 2.75) is 38.5 Å². The summed E-state index contributed by atoms with van der Waals surface area (Å²) in [4.78, 5) is 22.8. The first-order valence-corrected chi connectivity index (χ1v) is 8.01. The molecule has 0 unspecified atom stereocenters. The summed E-state index contributed by atoms with van der Waals surface area (Å²) in [6.07, 6.45) is 10.2. The zero-order chi connectivity index (χ0) is 15.3. The number of ketones is 1. The maximum Gasteiger partial charge on any atom is 0.433 e.